The van der Waals surface area contributed by atoms with Gasteiger partial charge in [-0.15, -0.1) is 12.4 Å². The number of hydrogen-bond donors (Lipinski definition) is 2. The first kappa shape index (κ1) is 14.8. The molecule has 2 rings (SSSR count). The number of carbonyl (C=O) groups is 1. The van der Waals surface area contributed by atoms with Gasteiger partial charge in [-0.05, 0) is 25.3 Å². The highest BCUT2D eigenvalue weighted by Gasteiger charge is 2.43. The van der Waals surface area contributed by atoms with Gasteiger partial charge in [-0.3, -0.25) is 4.79 Å². The summed E-state index contributed by atoms with van der Waals surface area (Å²) in [6.07, 6.45) is 8.87. The first-order valence-electron chi connectivity index (χ1n) is 6.75. The predicted molar refractivity (Wildman–Crippen MR) is 72.4 cm³/mol. The van der Waals surface area contributed by atoms with Crippen molar-refractivity contribution in [3.8, 4) is 0 Å². The minimum absolute atomic E-state index is 0. The van der Waals surface area contributed by atoms with Crippen LogP contribution >= 0.6 is 12.4 Å². The average Bonchev–Trinajstić information content (AvgIpc) is 3.07. The zero-order chi connectivity index (χ0) is 11.4. The fourth-order valence-corrected chi connectivity index (χ4v) is 2.98. The number of hydrogen-bond acceptors (Lipinski definition) is 2. The van der Waals surface area contributed by atoms with Gasteiger partial charge >= 0.3 is 0 Å². The van der Waals surface area contributed by atoms with Gasteiger partial charge < -0.3 is 10.6 Å². The van der Waals surface area contributed by atoms with Crippen LogP contribution in [0.3, 0.4) is 0 Å². The quantitative estimate of drug-likeness (QED) is 0.795. The second kappa shape index (κ2) is 7.22. The molecule has 17 heavy (non-hydrogen) atoms. The van der Waals surface area contributed by atoms with Gasteiger partial charge in [0.25, 0.3) is 0 Å². The van der Waals surface area contributed by atoms with E-state index >= 15 is 0 Å². The first-order chi connectivity index (χ1) is 7.81. The van der Waals surface area contributed by atoms with Crippen molar-refractivity contribution in [2.45, 2.75) is 51.0 Å². The Morgan fingerprint density at radius 1 is 1.24 bits per heavy atom. The highest BCUT2D eigenvalue weighted by molar-refractivity contribution is 5.85. The normalized spacial score (nSPS) is 28.3. The van der Waals surface area contributed by atoms with Crippen LogP contribution in [0.25, 0.3) is 0 Å². The van der Waals surface area contributed by atoms with E-state index in [1.807, 2.05) is 7.05 Å². The van der Waals surface area contributed by atoms with Crippen molar-refractivity contribution in [2.24, 2.45) is 11.8 Å². The van der Waals surface area contributed by atoms with Crippen molar-refractivity contribution >= 4 is 18.3 Å². The minimum Gasteiger partial charge on any atom is -0.353 e. The highest BCUT2D eigenvalue weighted by atomic mass is 35.5. The fourth-order valence-electron chi connectivity index (χ4n) is 2.98. The lowest BCUT2D eigenvalue weighted by Gasteiger charge is -2.21. The van der Waals surface area contributed by atoms with E-state index in [1.165, 1.54) is 38.5 Å². The molecule has 1 amide bonds. The van der Waals surface area contributed by atoms with Crippen molar-refractivity contribution in [3.63, 3.8) is 0 Å². The van der Waals surface area contributed by atoms with E-state index in [-0.39, 0.29) is 18.3 Å². The van der Waals surface area contributed by atoms with Crippen molar-refractivity contribution < 1.29 is 4.79 Å². The Labute approximate surface area is 111 Å². The summed E-state index contributed by atoms with van der Waals surface area (Å²) in [6, 6.07) is 0.507. The molecule has 0 aromatic heterocycles. The van der Waals surface area contributed by atoms with Gasteiger partial charge in [0.15, 0.2) is 0 Å². The van der Waals surface area contributed by atoms with Crippen LogP contribution in [0.4, 0.5) is 0 Å². The van der Waals surface area contributed by atoms with Gasteiger partial charge in [0.2, 0.25) is 5.91 Å². The zero-order valence-corrected chi connectivity index (χ0v) is 11.5. The average molecular weight is 261 g/mol. The Morgan fingerprint density at radius 3 is 2.59 bits per heavy atom. The van der Waals surface area contributed by atoms with Crippen molar-refractivity contribution in [3.05, 3.63) is 0 Å². The van der Waals surface area contributed by atoms with E-state index in [0.29, 0.717) is 12.5 Å². The van der Waals surface area contributed by atoms with Crippen LogP contribution in [0, 0.1) is 11.8 Å². The Bertz CT molecular complexity index is 242. The predicted octanol–water partition coefficient (Wildman–Crippen LogP) is 2.10. The summed E-state index contributed by atoms with van der Waals surface area (Å²) < 4.78 is 0. The first-order valence-corrected chi connectivity index (χ1v) is 6.75. The number of carbonyl (C=O) groups excluding carboxylic acids is 1. The molecule has 0 spiro atoms. The molecule has 2 atom stereocenters. The molecular formula is C13H25ClN2O. The summed E-state index contributed by atoms with van der Waals surface area (Å²) in [5, 5.41) is 6.16. The molecule has 0 aromatic rings. The van der Waals surface area contributed by atoms with Crippen molar-refractivity contribution in [1.29, 1.82) is 0 Å². The highest BCUT2D eigenvalue weighted by Crippen LogP contribution is 2.44. The molecule has 3 nitrogen and oxygen atoms in total. The molecule has 0 bridgehead atoms. The Hall–Kier alpha value is -0.280. The summed E-state index contributed by atoms with van der Waals surface area (Å²) in [5.41, 5.74) is 0. The molecule has 2 saturated carbocycles. The number of amides is 1. The maximum Gasteiger partial charge on any atom is 0.221 e. The van der Waals surface area contributed by atoms with E-state index in [1.54, 1.807) is 0 Å². The maximum absolute atomic E-state index is 11.5. The number of rotatable bonds is 5. The molecular weight excluding hydrogens is 236 g/mol. The van der Waals surface area contributed by atoms with Gasteiger partial charge in [0, 0.05) is 19.0 Å². The Balaban J connectivity index is 0.00000144. The van der Waals surface area contributed by atoms with E-state index in [9.17, 15) is 4.79 Å². The molecule has 4 heteroatoms. The van der Waals surface area contributed by atoms with E-state index in [2.05, 4.69) is 10.6 Å². The van der Waals surface area contributed by atoms with Gasteiger partial charge in [-0.1, -0.05) is 32.1 Å². The number of nitrogens with one attached hydrogen (secondary N) is 2. The second-order valence-electron chi connectivity index (χ2n) is 5.33. The summed E-state index contributed by atoms with van der Waals surface area (Å²) in [7, 11) is 1.88. The Morgan fingerprint density at radius 2 is 1.94 bits per heavy atom. The third-order valence-electron chi connectivity index (χ3n) is 4.04. The maximum atomic E-state index is 11.5. The monoisotopic (exact) mass is 260 g/mol. The van der Waals surface area contributed by atoms with Crippen LogP contribution in [0.5, 0.6) is 0 Å². The topological polar surface area (TPSA) is 41.1 Å². The second-order valence-corrected chi connectivity index (χ2v) is 5.33. The third-order valence-corrected chi connectivity index (χ3v) is 4.04. The Kier molecular flexibility index (Phi) is 6.28. The van der Waals surface area contributed by atoms with Crippen molar-refractivity contribution in [1.82, 2.24) is 10.6 Å². The van der Waals surface area contributed by atoms with Crippen LogP contribution < -0.4 is 10.6 Å². The van der Waals surface area contributed by atoms with E-state index in [0.717, 1.165) is 18.4 Å². The number of halogens is 1. The standard InChI is InChI=1S/C13H24N2O.ClH/c1-14-8-7-13(16)15-12-9-11(12)10-5-3-2-4-6-10;/h10-12,14H,2-9H2,1H3,(H,15,16);1H. The molecule has 2 aliphatic carbocycles. The van der Waals surface area contributed by atoms with E-state index in [4.69, 9.17) is 0 Å². The van der Waals surface area contributed by atoms with Crippen LogP contribution in [0.1, 0.15) is 44.9 Å². The van der Waals surface area contributed by atoms with Crippen molar-refractivity contribution in [2.75, 3.05) is 13.6 Å². The van der Waals surface area contributed by atoms with Crippen LogP contribution in [-0.4, -0.2) is 25.5 Å². The molecule has 100 valence electrons. The fraction of sp³-hybridized carbons (Fsp3) is 0.923. The molecule has 0 aliphatic heterocycles. The smallest absolute Gasteiger partial charge is 0.221 e. The summed E-state index contributed by atoms with van der Waals surface area (Å²) >= 11 is 0. The lowest BCUT2D eigenvalue weighted by atomic mass is 9.85. The SMILES string of the molecule is CNCCC(=O)NC1CC1C1CCCCC1.Cl. The van der Waals surface area contributed by atoms with E-state index < -0.39 is 0 Å². The molecule has 0 radical (unpaired) electrons. The zero-order valence-electron chi connectivity index (χ0n) is 10.7. The van der Waals surface area contributed by atoms with Gasteiger partial charge in [0.05, 0.1) is 0 Å². The summed E-state index contributed by atoms with van der Waals surface area (Å²) in [4.78, 5) is 11.5. The van der Waals surface area contributed by atoms with Gasteiger partial charge in [-0.2, -0.15) is 0 Å². The largest absolute Gasteiger partial charge is 0.353 e. The molecule has 2 fully saturated rings. The lowest BCUT2D eigenvalue weighted by Crippen LogP contribution is -2.30. The minimum atomic E-state index is 0. The lowest BCUT2D eigenvalue weighted by molar-refractivity contribution is -0.121. The molecule has 2 N–H and O–H groups in total. The van der Waals surface area contributed by atoms with Crippen LogP contribution in [0.15, 0.2) is 0 Å². The van der Waals surface area contributed by atoms with Gasteiger partial charge in [0.1, 0.15) is 0 Å². The third kappa shape index (κ3) is 4.47. The molecule has 0 saturated heterocycles. The molecule has 2 unspecified atom stereocenters. The molecule has 0 aromatic carbocycles. The van der Waals surface area contributed by atoms with Crippen LogP contribution in [-0.2, 0) is 4.79 Å². The summed E-state index contributed by atoms with van der Waals surface area (Å²) in [6.45, 7) is 0.784. The van der Waals surface area contributed by atoms with Gasteiger partial charge in [-0.25, -0.2) is 0 Å². The molecule has 0 heterocycles. The molecule has 2 aliphatic rings. The van der Waals surface area contributed by atoms with Crippen LogP contribution in [0.2, 0.25) is 0 Å². The summed E-state index contributed by atoms with van der Waals surface area (Å²) in [5.74, 6) is 1.93.